The van der Waals surface area contributed by atoms with Crippen LogP contribution in [0.25, 0.3) is 0 Å². The average molecular weight is 239 g/mol. The summed E-state index contributed by atoms with van der Waals surface area (Å²) in [6.45, 7) is 11.1. The lowest BCUT2D eigenvalue weighted by atomic mass is 10.0. The molecule has 1 rings (SSSR count). The number of rotatable bonds is 4. The topological polar surface area (TPSA) is 53.5 Å². The lowest BCUT2D eigenvalue weighted by Crippen LogP contribution is -2.56. The Hall–Kier alpha value is -0.900. The van der Waals surface area contributed by atoms with Crippen LogP contribution in [0.4, 0.5) is 0 Å². The molecular formula is C13H25N3O. The van der Waals surface area contributed by atoms with E-state index in [-0.39, 0.29) is 18.0 Å². The predicted octanol–water partition coefficient (Wildman–Crippen LogP) is 1.56. The lowest BCUT2D eigenvalue weighted by molar-refractivity contribution is -0.119. The Labute approximate surface area is 104 Å². The summed E-state index contributed by atoms with van der Waals surface area (Å²) in [5.74, 6) is 1.90. The number of aliphatic imine (C=N–C) groups is 1. The highest BCUT2D eigenvalue weighted by Crippen LogP contribution is 2.11. The molecule has 98 valence electrons. The van der Waals surface area contributed by atoms with Gasteiger partial charge in [-0.25, -0.2) is 0 Å². The molecule has 1 fully saturated rings. The first-order valence-electron chi connectivity index (χ1n) is 6.51. The van der Waals surface area contributed by atoms with Crippen LogP contribution in [0.1, 0.15) is 41.0 Å². The molecule has 1 amide bonds. The Balaban J connectivity index is 2.77. The van der Waals surface area contributed by atoms with E-state index < -0.39 is 0 Å². The lowest BCUT2D eigenvalue weighted by Gasteiger charge is -2.28. The highest BCUT2D eigenvalue weighted by atomic mass is 16.2. The quantitative estimate of drug-likeness (QED) is 0.782. The summed E-state index contributed by atoms with van der Waals surface area (Å²) < 4.78 is 0. The second-order valence-electron chi connectivity index (χ2n) is 5.61. The van der Waals surface area contributed by atoms with Crippen LogP contribution in [0.5, 0.6) is 0 Å². The average Bonchev–Trinajstić information content (AvgIpc) is 2.21. The molecule has 1 aliphatic rings. The number of piperazine rings is 1. The number of carbonyl (C=O) groups is 1. The number of hydrogen-bond donors (Lipinski definition) is 2. The van der Waals surface area contributed by atoms with E-state index in [0.717, 1.165) is 12.3 Å². The number of carbonyl (C=O) groups excluding carboxylic acids is 1. The second kappa shape index (κ2) is 6.15. The monoisotopic (exact) mass is 239 g/mol. The summed E-state index contributed by atoms with van der Waals surface area (Å²) in [6.07, 6.45) is 1.00. The maximum absolute atomic E-state index is 11.4. The van der Waals surface area contributed by atoms with Crippen molar-refractivity contribution in [1.29, 1.82) is 0 Å². The molecule has 0 aromatic rings. The number of amidine groups is 1. The Morgan fingerprint density at radius 1 is 1.29 bits per heavy atom. The Morgan fingerprint density at radius 2 is 1.94 bits per heavy atom. The molecule has 0 bridgehead atoms. The maximum Gasteiger partial charge on any atom is 0.239 e. The molecule has 0 aliphatic carbocycles. The molecule has 0 aromatic heterocycles. The highest BCUT2D eigenvalue weighted by molar-refractivity contribution is 6.04. The molecule has 0 unspecified atom stereocenters. The van der Waals surface area contributed by atoms with Crippen LogP contribution in [0.3, 0.4) is 0 Å². The number of nitrogens with one attached hydrogen (secondary N) is 2. The van der Waals surface area contributed by atoms with Gasteiger partial charge in [0.2, 0.25) is 5.91 Å². The van der Waals surface area contributed by atoms with E-state index in [1.807, 2.05) is 0 Å². The molecule has 2 N–H and O–H groups in total. The van der Waals surface area contributed by atoms with E-state index >= 15 is 0 Å². The minimum atomic E-state index is 0.0136. The number of amides is 1. The highest BCUT2D eigenvalue weighted by Gasteiger charge is 2.25. The van der Waals surface area contributed by atoms with E-state index in [4.69, 9.17) is 0 Å². The third kappa shape index (κ3) is 4.46. The van der Waals surface area contributed by atoms with Crippen molar-refractivity contribution < 1.29 is 4.79 Å². The van der Waals surface area contributed by atoms with Crippen molar-refractivity contribution in [2.75, 3.05) is 6.54 Å². The van der Waals surface area contributed by atoms with Gasteiger partial charge < -0.3 is 5.32 Å². The molecule has 4 nitrogen and oxygen atoms in total. The minimum absolute atomic E-state index is 0.0136. The fourth-order valence-electron chi connectivity index (χ4n) is 1.74. The van der Waals surface area contributed by atoms with Crippen LogP contribution < -0.4 is 10.6 Å². The SMILES string of the molecule is CC(C)C[C@@H]1NCC(=O)NC1=N[C@H](C)C(C)C. The van der Waals surface area contributed by atoms with Gasteiger partial charge in [-0.15, -0.1) is 0 Å². The molecule has 4 heteroatoms. The van der Waals surface area contributed by atoms with Crippen LogP contribution in [-0.4, -0.2) is 30.4 Å². The Bertz CT molecular complexity index is 297. The fourth-order valence-corrected chi connectivity index (χ4v) is 1.74. The van der Waals surface area contributed by atoms with Gasteiger partial charge in [-0.2, -0.15) is 0 Å². The van der Waals surface area contributed by atoms with Gasteiger partial charge in [0.25, 0.3) is 0 Å². The van der Waals surface area contributed by atoms with Crippen molar-refractivity contribution in [2.45, 2.75) is 53.1 Å². The van der Waals surface area contributed by atoms with Crippen LogP contribution in [0.15, 0.2) is 4.99 Å². The van der Waals surface area contributed by atoms with Crippen molar-refractivity contribution in [1.82, 2.24) is 10.6 Å². The zero-order valence-corrected chi connectivity index (χ0v) is 11.6. The fraction of sp³-hybridized carbons (Fsp3) is 0.846. The van der Waals surface area contributed by atoms with Crippen LogP contribution >= 0.6 is 0 Å². The first-order valence-corrected chi connectivity index (χ1v) is 6.51. The Morgan fingerprint density at radius 3 is 2.47 bits per heavy atom. The molecule has 17 heavy (non-hydrogen) atoms. The molecule has 2 atom stereocenters. The van der Waals surface area contributed by atoms with Gasteiger partial charge in [0.05, 0.1) is 18.6 Å². The summed E-state index contributed by atoms with van der Waals surface area (Å²) in [5.41, 5.74) is 0. The molecule has 1 saturated heterocycles. The van der Waals surface area contributed by atoms with Crippen LogP contribution in [0.2, 0.25) is 0 Å². The van der Waals surface area contributed by atoms with Crippen molar-refractivity contribution in [2.24, 2.45) is 16.8 Å². The van der Waals surface area contributed by atoms with Crippen molar-refractivity contribution >= 4 is 11.7 Å². The first-order chi connectivity index (χ1) is 7.90. The smallest absolute Gasteiger partial charge is 0.239 e. The summed E-state index contributed by atoms with van der Waals surface area (Å²) in [5, 5.41) is 6.16. The molecule has 0 saturated carbocycles. The van der Waals surface area contributed by atoms with Crippen molar-refractivity contribution in [3.8, 4) is 0 Å². The number of nitrogens with zero attached hydrogens (tertiary/aromatic N) is 1. The zero-order valence-electron chi connectivity index (χ0n) is 11.6. The molecule has 1 aliphatic heterocycles. The standard InChI is InChI=1S/C13H25N3O/c1-8(2)6-11-13(15-10(5)9(3)4)16-12(17)7-14-11/h8-11,14H,6-7H2,1-5H3,(H,15,16,17)/t10-,11+/m1/s1. The van der Waals surface area contributed by atoms with Crippen molar-refractivity contribution in [3.63, 3.8) is 0 Å². The van der Waals surface area contributed by atoms with Gasteiger partial charge in [-0.3, -0.25) is 15.1 Å². The van der Waals surface area contributed by atoms with Crippen LogP contribution in [-0.2, 0) is 4.79 Å². The van der Waals surface area contributed by atoms with E-state index in [1.165, 1.54) is 0 Å². The largest absolute Gasteiger partial charge is 0.312 e. The van der Waals surface area contributed by atoms with Gasteiger partial charge in [0.1, 0.15) is 5.84 Å². The van der Waals surface area contributed by atoms with Gasteiger partial charge >= 0.3 is 0 Å². The normalized spacial score (nSPS) is 25.5. The molecule has 0 aromatic carbocycles. The molecule has 1 heterocycles. The summed E-state index contributed by atoms with van der Waals surface area (Å²) in [7, 11) is 0. The molecular weight excluding hydrogens is 214 g/mol. The van der Waals surface area contributed by atoms with Gasteiger partial charge in [-0.1, -0.05) is 27.7 Å². The summed E-state index contributed by atoms with van der Waals surface area (Å²) >= 11 is 0. The van der Waals surface area contributed by atoms with Gasteiger partial charge in [-0.05, 0) is 25.2 Å². The third-order valence-electron chi connectivity index (χ3n) is 3.12. The van der Waals surface area contributed by atoms with Crippen molar-refractivity contribution in [3.05, 3.63) is 0 Å². The summed E-state index contributed by atoms with van der Waals surface area (Å²) in [4.78, 5) is 16.0. The minimum Gasteiger partial charge on any atom is -0.312 e. The molecule has 0 radical (unpaired) electrons. The molecule has 0 spiro atoms. The maximum atomic E-state index is 11.4. The second-order valence-corrected chi connectivity index (χ2v) is 5.61. The first kappa shape index (κ1) is 14.2. The van der Waals surface area contributed by atoms with Gasteiger partial charge in [0.15, 0.2) is 0 Å². The van der Waals surface area contributed by atoms with E-state index in [0.29, 0.717) is 18.4 Å². The van der Waals surface area contributed by atoms with Gasteiger partial charge in [0, 0.05) is 0 Å². The number of hydrogen-bond acceptors (Lipinski definition) is 3. The van der Waals surface area contributed by atoms with E-state index in [1.54, 1.807) is 0 Å². The predicted molar refractivity (Wildman–Crippen MR) is 71.1 cm³/mol. The van der Waals surface area contributed by atoms with Crippen LogP contribution in [0, 0.1) is 11.8 Å². The van der Waals surface area contributed by atoms with E-state index in [2.05, 4.69) is 50.2 Å². The third-order valence-corrected chi connectivity index (χ3v) is 3.12. The zero-order chi connectivity index (χ0) is 13.0. The van der Waals surface area contributed by atoms with E-state index in [9.17, 15) is 4.79 Å². The Kier molecular flexibility index (Phi) is 5.12. The summed E-state index contributed by atoms with van der Waals surface area (Å²) in [6, 6.07) is 0.425.